The SMILES string of the molecule is CC(C)OC(=O)NS(=O)(=O)Nc1cc(C#CCO)ccn1. The van der Waals surface area contributed by atoms with Gasteiger partial charge in [0.15, 0.2) is 0 Å². The molecule has 1 aromatic rings. The molecule has 1 rings (SSSR count). The second-order valence-electron chi connectivity index (χ2n) is 4.05. The number of ether oxygens (including phenoxy) is 1. The average Bonchev–Trinajstić information content (AvgIpc) is 2.34. The molecule has 0 saturated carbocycles. The van der Waals surface area contributed by atoms with Gasteiger partial charge in [0.25, 0.3) is 0 Å². The second-order valence-corrected chi connectivity index (χ2v) is 5.47. The highest BCUT2D eigenvalue weighted by molar-refractivity contribution is 7.91. The maximum absolute atomic E-state index is 11.7. The molecule has 0 aromatic carbocycles. The van der Waals surface area contributed by atoms with Crippen molar-refractivity contribution in [2.45, 2.75) is 20.0 Å². The highest BCUT2D eigenvalue weighted by Gasteiger charge is 2.16. The van der Waals surface area contributed by atoms with E-state index in [9.17, 15) is 13.2 Å². The molecule has 0 fully saturated rings. The van der Waals surface area contributed by atoms with Gasteiger partial charge in [0.2, 0.25) is 0 Å². The lowest BCUT2D eigenvalue weighted by Crippen LogP contribution is -2.37. The molecule has 0 aliphatic heterocycles. The first-order valence-electron chi connectivity index (χ1n) is 5.89. The molecule has 8 nitrogen and oxygen atoms in total. The van der Waals surface area contributed by atoms with Gasteiger partial charge in [-0.2, -0.15) is 8.42 Å². The number of anilines is 1. The molecule has 0 spiro atoms. The topological polar surface area (TPSA) is 118 Å². The summed E-state index contributed by atoms with van der Waals surface area (Å²) in [5.74, 6) is 5.00. The second kappa shape index (κ2) is 7.47. The maximum Gasteiger partial charge on any atom is 0.422 e. The van der Waals surface area contributed by atoms with Gasteiger partial charge in [0.05, 0.1) is 6.10 Å². The smallest absolute Gasteiger partial charge is 0.422 e. The van der Waals surface area contributed by atoms with Crippen molar-refractivity contribution in [2.75, 3.05) is 11.3 Å². The van der Waals surface area contributed by atoms with Gasteiger partial charge in [-0.25, -0.2) is 14.5 Å². The Bertz CT molecular complexity index is 661. The lowest BCUT2D eigenvalue weighted by molar-refractivity contribution is 0.121. The average molecular weight is 313 g/mol. The van der Waals surface area contributed by atoms with Gasteiger partial charge in [-0.3, -0.25) is 4.72 Å². The Morgan fingerprint density at radius 2 is 2.24 bits per heavy atom. The molecule has 1 aromatic heterocycles. The summed E-state index contributed by atoms with van der Waals surface area (Å²) in [5.41, 5.74) is 0.460. The Balaban J connectivity index is 2.77. The number of aliphatic hydroxyl groups excluding tert-OH is 1. The maximum atomic E-state index is 11.7. The number of hydrogen-bond acceptors (Lipinski definition) is 6. The van der Waals surface area contributed by atoms with Crippen molar-refractivity contribution < 1.29 is 23.1 Å². The van der Waals surface area contributed by atoms with E-state index in [0.717, 1.165) is 0 Å². The van der Waals surface area contributed by atoms with Crippen LogP contribution in [0.15, 0.2) is 18.3 Å². The minimum Gasteiger partial charge on any atom is -0.446 e. The number of carbonyl (C=O) groups excluding carboxylic acids is 1. The van der Waals surface area contributed by atoms with Crippen LogP contribution in [0, 0.1) is 11.8 Å². The minimum atomic E-state index is -4.15. The van der Waals surface area contributed by atoms with Crippen LogP contribution in [0.2, 0.25) is 0 Å². The zero-order valence-corrected chi connectivity index (χ0v) is 12.3. The number of aromatic nitrogens is 1. The van der Waals surface area contributed by atoms with Crippen LogP contribution in [0.4, 0.5) is 10.6 Å². The molecule has 0 bridgehead atoms. The Kier molecular flexibility index (Phi) is 5.95. The van der Waals surface area contributed by atoms with Crippen LogP contribution < -0.4 is 9.44 Å². The summed E-state index contributed by atoms with van der Waals surface area (Å²) in [6, 6.07) is 2.90. The Hall–Kier alpha value is -2.31. The summed E-state index contributed by atoms with van der Waals surface area (Å²) in [6.45, 7) is 2.86. The molecule has 0 unspecified atom stereocenters. The predicted molar refractivity (Wildman–Crippen MR) is 75.5 cm³/mol. The molecule has 9 heteroatoms. The molecule has 1 heterocycles. The molecular formula is C12H15N3O5S. The van der Waals surface area contributed by atoms with Gasteiger partial charge in [-0.15, -0.1) is 0 Å². The summed E-state index contributed by atoms with van der Waals surface area (Å²) >= 11 is 0. The summed E-state index contributed by atoms with van der Waals surface area (Å²) in [4.78, 5) is 15.0. The molecule has 21 heavy (non-hydrogen) atoms. The van der Waals surface area contributed by atoms with Gasteiger partial charge in [-0.05, 0) is 26.0 Å². The van der Waals surface area contributed by atoms with Gasteiger partial charge < -0.3 is 9.84 Å². The van der Waals surface area contributed by atoms with Crippen molar-refractivity contribution in [2.24, 2.45) is 0 Å². The van der Waals surface area contributed by atoms with E-state index in [4.69, 9.17) is 5.11 Å². The zero-order chi connectivity index (χ0) is 15.9. The normalized spacial score (nSPS) is 10.5. The number of nitrogens with zero attached hydrogens (tertiary/aromatic N) is 1. The largest absolute Gasteiger partial charge is 0.446 e. The van der Waals surface area contributed by atoms with Crippen LogP contribution in [0.3, 0.4) is 0 Å². The third kappa shape index (κ3) is 6.60. The molecule has 0 saturated heterocycles. The van der Waals surface area contributed by atoms with E-state index in [1.54, 1.807) is 24.6 Å². The molecule has 3 N–H and O–H groups in total. The summed E-state index contributed by atoms with van der Waals surface area (Å²) in [5, 5.41) is 8.59. The summed E-state index contributed by atoms with van der Waals surface area (Å²) in [6.07, 6.45) is -0.199. The van der Waals surface area contributed by atoms with E-state index < -0.39 is 22.4 Å². The fraction of sp³-hybridized carbons (Fsp3) is 0.333. The lowest BCUT2D eigenvalue weighted by Gasteiger charge is -2.11. The number of aliphatic hydroxyl groups is 1. The highest BCUT2D eigenvalue weighted by atomic mass is 32.2. The third-order valence-electron chi connectivity index (χ3n) is 1.87. The van der Waals surface area contributed by atoms with Crippen LogP contribution >= 0.6 is 0 Å². The molecule has 114 valence electrons. The van der Waals surface area contributed by atoms with Gasteiger partial charge in [0.1, 0.15) is 12.4 Å². The number of pyridine rings is 1. The standard InChI is InChI=1S/C12H15N3O5S/c1-9(2)20-12(17)15-21(18,19)14-11-8-10(4-3-7-16)5-6-13-11/h5-6,8-9,16H,7H2,1-2H3,(H,13,14)(H,15,17). The van der Waals surface area contributed by atoms with Gasteiger partial charge >= 0.3 is 16.3 Å². The summed E-state index contributed by atoms with van der Waals surface area (Å²) in [7, 11) is -4.15. The number of hydrogen-bond donors (Lipinski definition) is 3. The summed E-state index contributed by atoms with van der Waals surface area (Å²) < 4.78 is 31.8. The third-order valence-corrected chi connectivity index (χ3v) is 2.78. The van der Waals surface area contributed by atoms with Crippen LogP contribution in [0.25, 0.3) is 0 Å². The molecule has 0 atom stereocenters. The van der Waals surface area contributed by atoms with Crippen molar-refractivity contribution in [3.63, 3.8) is 0 Å². The molecule has 0 aliphatic rings. The number of nitrogens with one attached hydrogen (secondary N) is 2. The Morgan fingerprint density at radius 1 is 1.52 bits per heavy atom. The fourth-order valence-electron chi connectivity index (χ4n) is 1.22. The van der Waals surface area contributed by atoms with Crippen LogP contribution in [0.5, 0.6) is 0 Å². The van der Waals surface area contributed by atoms with Crippen molar-refractivity contribution in [3.8, 4) is 11.8 Å². The Morgan fingerprint density at radius 3 is 2.86 bits per heavy atom. The fourth-order valence-corrected chi connectivity index (χ4v) is 1.92. The first-order chi connectivity index (χ1) is 9.82. The lowest BCUT2D eigenvalue weighted by atomic mass is 10.2. The van der Waals surface area contributed by atoms with E-state index in [1.165, 1.54) is 12.3 Å². The van der Waals surface area contributed by atoms with Crippen LogP contribution in [-0.2, 0) is 14.9 Å². The molecule has 1 amide bonds. The van der Waals surface area contributed by atoms with Crippen LogP contribution in [0.1, 0.15) is 19.4 Å². The van der Waals surface area contributed by atoms with Gasteiger partial charge in [-0.1, -0.05) is 11.8 Å². The predicted octanol–water partition coefficient (Wildman–Crippen LogP) is 0.217. The zero-order valence-electron chi connectivity index (χ0n) is 11.5. The first-order valence-corrected chi connectivity index (χ1v) is 7.37. The van der Waals surface area contributed by atoms with Gasteiger partial charge in [0, 0.05) is 11.8 Å². The van der Waals surface area contributed by atoms with E-state index in [-0.39, 0.29) is 12.4 Å². The van der Waals surface area contributed by atoms with Crippen LogP contribution in [-0.4, -0.2) is 37.3 Å². The minimum absolute atomic E-state index is 0.0235. The molecule has 0 radical (unpaired) electrons. The molecular weight excluding hydrogens is 298 g/mol. The van der Waals surface area contributed by atoms with E-state index in [0.29, 0.717) is 5.56 Å². The number of rotatable bonds is 4. The molecule has 0 aliphatic carbocycles. The Labute approximate surface area is 122 Å². The van der Waals surface area contributed by atoms with Crippen molar-refractivity contribution in [3.05, 3.63) is 23.9 Å². The van der Waals surface area contributed by atoms with E-state index in [2.05, 4.69) is 26.3 Å². The van der Waals surface area contributed by atoms with Crippen molar-refractivity contribution >= 4 is 22.1 Å². The number of carbonyl (C=O) groups is 1. The quantitative estimate of drug-likeness (QED) is 0.684. The first kappa shape index (κ1) is 16.7. The van der Waals surface area contributed by atoms with Crippen molar-refractivity contribution in [1.29, 1.82) is 0 Å². The highest BCUT2D eigenvalue weighted by Crippen LogP contribution is 2.07. The van der Waals surface area contributed by atoms with E-state index in [1.807, 2.05) is 0 Å². The van der Waals surface area contributed by atoms with Crippen molar-refractivity contribution in [1.82, 2.24) is 9.71 Å². The van der Waals surface area contributed by atoms with E-state index >= 15 is 0 Å². The number of amides is 1. The monoisotopic (exact) mass is 313 g/mol.